The maximum absolute atomic E-state index is 14.7. The molecular weight excluding hydrogens is 608 g/mol. The van der Waals surface area contributed by atoms with Gasteiger partial charge in [-0.1, -0.05) is 0 Å². The summed E-state index contributed by atoms with van der Waals surface area (Å²) in [5.74, 6) is -14.5. The quantitative estimate of drug-likeness (QED) is 0.110. The molecule has 0 bridgehead atoms. The molecule has 4 aliphatic rings. The molecule has 0 saturated carbocycles. The molecule has 0 aromatic heterocycles. The van der Waals surface area contributed by atoms with Gasteiger partial charge >= 0.3 is 11.9 Å². The Balaban J connectivity index is 2.23. The van der Waals surface area contributed by atoms with E-state index in [4.69, 9.17) is 4.74 Å². The Kier molecular flexibility index (Phi) is 8.91. The third-order valence-electron chi connectivity index (χ3n) is 8.35. The van der Waals surface area contributed by atoms with Gasteiger partial charge in [-0.3, -0.25) is 53.0 Å². The van der Waals surface area contributed by atoms with Crippen LogP contribution >= 0.6 is 0 Å². The molecule has 0 atom stereocenters. The standard InChI is InChI=1S/C26H30N4O15/c31-10-24(11-32,12-33)13-45-23(44)26(29-18(38)5-6-19(29)39,30-20(40)7-8-21(30)41)25(9-22(42)43,27-14(34)1-2-15(27)35)28-16(36)3-4-17(28)37/h31-33H,1-13H2,(H,42,43). The van der Waals surface area contributed by atoms with E-state index in [1.807, 2.05) is 0 Å². The lowest BCUT2D eigenvalue weighted by Crippen LogP contribution is -2.88. The van der Waals surface area contributed by atoms with Gasteiger partial charge in [-0.15, -0.1) is 0 Å². The number of rotatable bonds is 13. The summed E-state index contributed by atoms with van der Waals surface area (Å²) in [7, 11) is 0. The Morgan fingerprint density at radius 2 is 0.844 bits per heavy atom. The summed E-state index contributed by atoms with van der Waals surface area (Å²) in [5, 5.41) is 39.7. The van der Waals surface area contributed by atoms with Gasteiger partial charge < -0.3 is 25.2 Å². The van der Waals surface area contributed by atoms with E-state index in [-0.39, 0.29) is 19.6 Å². The smallest absolute Gasteiger partial charge is 0.359 e. The van der Waals surface area contributed by atoms with E-state index in [0.29, 0.717) is 0 Å². The highest BCUT2D eigenvalue weighted by molar-refractivity contribution is 6.16. The largest absolute Gasteiger partial charge is 0.481 e. The van der Waals surface area contributed by atoms with E-state index in [2.05, 4.69) is 0 Å². The van der Waals surface area contributed by atoms with Crippen LogP contribution in [-0.4, -0.2) is 137 Å². The molecule has 4 rings (SSSR count). The zero-order valence-corrected chi connectivity index (χ0v) is 23.8. The van der Waals surface area contributed by atoms with Crippen molar-refractivity contribution >= 4 is 59.2 Å². The molecule has 0 radical (unpaired) electrons. The first kappa shape index (κ1) is 33.3. The average molecular weight is 639 g/mol. The number of nitrogens with zero attached hydrogens (tertiary/aromatic N) is 4. The number of carbonyl (C=O) groups excluding carboxylic acids is 9. The first-order valence-corrected chi connectivity index (χ1v) is 13.8. The molecule has 0 unspecified atom stereocenters. The molecule has 0 spiro atoms. The maximum Gasteiger partial charge on any atom is 0.359 e. The van der Waals surface area contributed by atoms with E-state index in [1.165, 1.54) is 0 Å². The lowest BCUT2D eigenvalue weighted by Gasteiger charge is -2.58. The van der Waals surface area contributed by atoms with E-state index < -0.39 is 160 Å². The van der Waals surface area contributed by atoms with Crippen LogP contribution in [0.15, 0.2) is 0 Å². The third-order valence-corrected chi connectivity index (χ3v) is 8.35. The van der Waals surface area contributed by atoms with Crippen LogP contribution in [-0.2, 0) is 52.7 Å². The number of carboxylic acid groups (broad SMARTS) is 1. The molecule has 0 aromatic carbocycles. The normalized spacial score (nSPS) is 20.1. The maximum atomic E-state index is 14.7. The van der Waals surface area contributed by atoms with Crippen molar-refractivity contribution in [2.24, 2.45) is 5.41 Å². The van der Waals surface area contributed by atoms with Crippen LogP contribution in [0.3, 0.4) is 0 Å². The van der Waals surface area contributed by atoms with Crippen molar-refractivity contribution < 1.29 is 73.1 Å². The van der Waals surface area contributed by atoms with Crippen molar-refractivity contribution in [2.45, 2.75) is 69.1 Å². The summed E-state index contributed by atoms with van der Waals surface area (Å²) < 4.78 is 5.31. The highest BCUT2D eigenvalue weighted by atomic mass is 16.5. The van der Waals surface area contributed by atoms with Gasteiger partial charge in [0.25, 0.3) is 5.66 Å². The van der Waals surface area contributed by atoms with Crippen LogP contribution in [0, 0.1) is 5.41 Å². The van der Waals surface area contributed by atoms with E-state index >= 15 is 0 Å². The second kappa shape index (κ2) is 12.1. The SMILES string of the molecule is O=C(O)CC(N1C(=O)CCC1=O)(N1C(=O)CCC1=O)C(C(=O)OCC(CO)(CO)CO)(N1C(=O)CCC1=O)N1C(=O)CCC1=O. The van der Waals surface area contributed by atoms with Gasteiger partial charge in [-0.2, -0.15) is 0 Å². The number of hydrogen-bond donors (Lipinski definition) is 4. The molecular formula is C26H30N4O15. The molecule has 0 aromatic rings. The van der Waals surface area contributed by atoms with Crippen molar-refractivity contribution in [1.82, 2.24) is 19.6 Å². The molecule has 45 heavy (non-hydrogen) atoms. The van der Waals surface area contributed by atoms with Crippen molar-refractivity contribution in [2.75, 3.05) is 26.4 Å². The lowest BCUT2D eigenvalue weighted by molar-refractivity contribution is -0.230. The Morgan fingerprint density at radius 3 is 1.11 bits per heavy atom. The summed E-state index contributed by atoms with van der Waals surface area (Å²) in [5.41, 5.74) is -9.47. The molecule has 4 fully saturated rings. The fraction of sp³-hybridized carbons (Fsp3) is 0.615. The molecule has 4 heterocycles. The van der Waals surface area contributed by atoms with E-state index in [0.717, 1.165) is 0 Å². The van der Waals surface area contributed by atoms with Gasteiger partial charge in [0.1, 0.15) is 6.61 Å². The number of aliphatic carboxylic acids is 1. The highest BCUT2D eigenvalue weighted by Crippen LogP contribution is 2.50. The molecule has 4 saturated heterocycles. The monoisotopic (exact) mass is 638 g/mol. The molecule has 19 heteroatoms. The van der Waals surface area contributed by atoms with Crippen molar-refractivity contribution in [3.05, 3.63) is 0 Å². The lowest BCUT2D eigenvalue weighted by atomic mass is 9.81. The predicted octanol–water partition coefficient (Wildman–Crippen LogP) is -4.04. The fourth-order valence-electron chi connectivity index (χ4n) is 6.17. The number of aliphatic hydroxyl groups is 3. The van der Waals surface area contributed by atoms with Crippen molar-refractivity contribution in [3.8, 4) is 0 Å². The number of aliphatic hydroxyl groups excluding tert-OH is 3. The van der Waals surface area contributed by atoms with Gasteiger partial charge in [0.15, 0.2) is 5.66 Å². The van der Waals surface area contributed by atoms with E-state index in [1.54, 1.807) is 0 Å². The molecule has 19 nitrogen and oxygen atoms in total. The minimum Gasteiger partial charge on any atom is -0.481 e. The van der Waals surface area contributed by atoms with Gasteiger partial charge in [0, 0.05) is 51.4 Å². The molecule has 8 amide bonds. The highest BCUT2D eigenvalue weighted by Gasteiger charge is 2.80. The molecule has 4 aliphatic heterocycles. The van der Waals surface area contributed by atoms with Crippen LogP contribution in [0.25, 0.3) is 0 Å². The topological polar surface area (TPSA) is 274 Å². The fourth-order valence-corrected chi connectivity index (χ4v) is 6.17. The summed E-state index contributed by atoms with van der Waals surface area (Å²) in [6, 6.07) is 0. The molecule has 4 N–H and O–H groups in total. The summed E-state index contributed by atoms with van der Waals surface area (Å²) in [4.78, 5) is 136. The second-order valence-electron chi connectivity index (χ2n) is 11.1. The number of hydrogen-bond acceptors (Lipinski definition) is 14. The van der Waals surface area contributed by atoms with Gasteiger partial charge in [-0.25, -0.2) is 14.6 Å². The second-order valence-corrected chi connectivity index (χ2v) is 11.1. The summed E-state index contributed by atoms with van der Waals surface area (Å²) in [6.45, 7) is -4.31. The Hall–Kier alpha value is -4.62. The molecule has 244 valence electrons. The number of amides is 8. The number of carbonyl (C=O) groups is 10. The van der Waals surface area contributed by atoms with Crippen molar-refractivity contribution in [1.29, 1.82) is 0 Å². The van der Waals surface area contributed by atoms with Crippen LogP contribution in [0.1, 0.15) is 57.8 Å². The minimum absolute atomic E-state index is 0.0182. The first-order chi connectivity index (χ1) is 21.2. The summed E-state index contributed by atoms with van der Waals surface area (Å²) >= 11 is 0. The Labute approximate surface area is 253 Å². The van der Waals surface area contributed by atoms with Crippen LogP contribution in [0.4, 0.5) is 0 Å². The number of esters is 1. The van der Waals surface area contributed by atoms with Crippen LogP contribution < -0.4 is 0 Å². The predicted molar refractivity (Wildman–Crippen MR) is 137 cm³/mol. The zero-order chi connectivity index (χ0) is 33.5. The van der Waals surface area contributed by atoms with Crippen LogP contribution in [0.5, 0.6) is 0 Å². The Morgan fingerprint density at radius 1 is 0.556 bits per heavy atom. The minimum atomic E-state index is -3.84. The number of carboxylic acids is 1. The zero-order valence-electron chi connectivity index (χ0n) is 23.8. The van der Waals surface area contributed by atoms with Gasteiger partial charge in [0.05, 0.1) is 31.7 Å². The number of imide groups is 4. The summed E-state index contributed by atoms with van der Waals surface area (Å²) in [6.07, 6.45) is -7.16. The van der Waals surface area contributed by atoms with E-state index in [9.17, 15) is 68.4 Å². The number of ether oxygens (including phenoxy) is 1. The first-order valence-electron chi connectivity index (χ1n) is 13.8. The number of likely N-dealkylation sites (tertiary alicyclic amines) is 4. The van der Waals surface area contributed by atoms with Gasteiger partial charge in [0.2, 0.25) is 47.3 Å². The van der Waals surface area contributed by atoms with Gasteiger partial charge in [-0.05, 0) is 0 Å². The Bertz CT molecular complexity index is 1260. The van der Waals surface area contributed by atoms with Crippen molar-refractivity contribution in [3.63, 3.8) is 0 Å². The average Bonchev–Trinajstić information content (AvgIpc) is 3.72. The van der Waals surface area contributed by atoms with Crippen LogP contribution in [0.2, 0.25) is 0 Å². The molecule has 0 aliphatic carbocycles. The third kappa shape index (κ3) is 4.86.